The van der Waals surface area contributed by atoms with Gasteiger partial charge in [0.05, 0.1) is 11.5 Å². The van der Waals surface area contributed by atoms with Crippen LogP contribution >= 0.6 is 0 Å². The first-order valence-corrected chi connectivity index (χ1v) is 10.9. The van der Waals surface area contributed by atoms with Crippen LogP contribution in [0.5, 0.6) is 0 Å². The standard InChI is InChI=1S/C18H25N3O4S/c22-17(19-14-4-2-1-3-5-14)13-6-8-15(9-7-13)20-18(23)21-16-10-11-26(24,25)12-16/h6-9,14,16H,1-5,10-12H2,(H,19,22)(H2,20,21,23). The molecule has 0 spiro atoms. The van der Waals surface area contributed by atoms with Crippen LogP contribution in [0, 0.1) is 0 Å². The van der Waals surface area contributed by atoms with E-state index in [2.05, 4.69) is 16.0 Å². The number of carbonyl (C=O) groups is 2. The Labute approximate surface area is 153 Å². The molecule has 1 aliphatic carbocycles. The van der Waals surface area contributed by atoms with Crippen LogP contribution < -0.4 is 16.0 Å². The van der Waals surface area contributed by atoms with E-state index in [1.807, 2.05) is 0 Å². The van der Waals surface area contributed by atoms with Crippen LogP contribution in [0.15, 0.2) is 24.3 Å². The van der Waals surface area contributed by atoms with Gasteiger partial charge in [0.2, 0.25) is 0 Å². The van der Waals surface area contributed by atoms with E-state index in [1.165, 1.54) is 6.42 Å². The third-order valence-corrected chi connectivity index (χ3v) is 6.68. The Morgan fingerprint density at radius 1 is 0.885 bits per heavy atom. The van der Waals surface area contributed by atoms with Crippen LogP contribution in [-0.4, -0.2) is 43.9 Å². The van der Waals surface area contributed by atoms with Gasteiger partial charge in [0.25, 0.3) is 5.91 Å². The molecule has 1 heterocycles. The molecular weight excluding hydrogens is 354 g/mol. The predicted molar refractivity (Wildman–Crippen MR) is 100.0 cm³/mol. The summed E-state index contributed by atoms with van der Waals surface area (Å²) in [5.41, 5.74) is 1.11. The van der Waals surface area contributed by atoms with E-state index < -0.39 is 15.9 Å². The Hall–Kier alpha value is -2.09. The summed E-state index contributed by atoms with van der Waals surface area (Å²) in [6.07, 6.45) is 6.05. The van der Waals surface area contributed by atoms with Gasteiger partial charge in [-0.15, -0.1) is 0 Å². The molecule has 1 saturated heterocycles. The highest BCUT2D eigenvalue weighted by atomic mass is 32.2. The lowest BCUT2D eigenvalue weighted by Gasteiger charge is -2.22. The van der Waals surface area contributed by atoms with E-state index in [0.29, 0.717) is 17.7 Å². The molecule has 0 bridgehead atoms. The van der Waals surface area contributed by atoms with Crippen molar-refractivity contribution in [2.24, 2.45) is 0 Å². The van der Waals surface area contributed by atoms with Crippen molar-refractivity contribution >= 4 is 27.5 Å². The molecule has 2 aliphatic rings. The van der Waals surface area contributed by atoms with Crippen LogP contribution in [0.1, 0.15) is 48.9 Å². The predicted octanol–water partition coefficient (Wildman–Crippen LogP) is 2.06. The number of urea groups is 1. The number of hydrogen-bond donors (Lipinski definition) is 3. The summed E-state index contributed by atoms with van der Waals surface area (Å²) in [6.45, 7) is 0. The molecule has 3 amide bonds. The summed E-state index contributed by atoms with van der Waals surface area (Å²) in [5, 5.41) is 8.39. The molecule has 26 heavy (non-hydrogen) atoms. The molecule has 1 atom stereocenters. The van der Waals surface area contributed by atoms with Crippen molar-refractivity contribution in [2.75, 3.05) is 16.8 Å². The van der Waals surface area contributed by atoms with E-state index >= 15 is 0 Å². The first-order valence-electron chi connectivity index (χ1n) is 9.10. The summed E-state index contributed by atoms with van der Waals surface area (Å²) in [7, 11) is -3.03. The molecule has 3 N–H and O–H groups in total. The van der Waals surface area contributed by atoms with E-state index in [-0.39, 0.29) is 29.5 Å². The maximum atomic E-state index is 12.3. The van der Waals surface area contributed by atoms with E-state index in [1.54, 1.807) is 24.3 Å². The van der Waals surface area contributed by atoms with Crippen molar-refractivity contribution in [3.63, 3.8) is 0 Å². The summed E-state index contributed by atoms with van der Waals surface area (Å²) in [6, 6.07) is 6.15. The number of benzene rings is 1. The Bertz CT molecular complexity index is 755. The lowest BCUT2D eigenvalue weighted by molar-refractivity contribution is 0.0927. The van der Waals surface area contributed by atoms with Gasteiger partial charge in [0.15, 0.2) is 9.84 Å². The molecule has 1 saturated carbocycles. The summed E-state index contributed by atoms with van der Waals surface area (Å²) >= 11 is 0. The molecule has 2 fully saturated rings. The zero-order valence-electron chi connectivity index (χ0n) is 14.7. The van der Waals surface area contributed by atoms with Gasteiger partial charge >= 0.3 is 6.03 Å². The summed E-state index contributed by atoms with van der Waals surface area (Å²) in [4.78, 5) is 24.2. The molecule has 1 aromatic carbocycles. The zero-order valence-corrected chi connectivity index (χ0v) is 15.5. The number of hydrogen-bond acceptors (Lipinski definition) is 4. The van der Waals surface area contributed by atoms with Gasteiger partial charge in [-0.25, -0.2) is 13.2 Å². The Morgan fingerprint density at radius 2 is 1.58 bits per heavy atom. The van der Waals surface area contributed by atoms with Gasteiger partial charge in [-0.1, -0.05) is 19.3 Å². The highest BCUT2D eigenvalue weighted by molar-refractivity contribution is 7.91. The van der Waals surface area contributed by atoms with Gasteiger partial charge in [0, 0.05) is 23.3 Å². The maximum Gasteiger partial charge on any atom is 0.319 e. The van der Waals surface area contributed by atoms with E-state index in [0.717, 1.165) is 25.7 Å². The van der Waals surface area contributed by atoms with Crippen LogP contribution in [-0.2, 0) is 9.84 Å². The Morgan fingerprint density at radius 3 is 2.19 bits per heavy atom. The molecule has 3 rings (SSSR count). The molecule has 142 valence electrons. The lowest BCUT2D eigenvalue weighted by Crippen LogP contribution is -2.38. The fraction of sp³-hybridized carbons (Fsp3) is 0.556. The van der Waals surface area contributed by atoms with E-state index in [9.17, 15) is 18.0 Å². The lowest BCUT2D eigenvalue weighted by atomic mass is 9.95. The molecule has 8 heteroatoms. The number of rotatable bonds is 4. The first kappa shape index (κ1) is 18.7. The van der Waals surface area contributed by atoms with Crippen molar-refractivity contribution in [1.82, 2.24) is 10.6 Å². The second-order valence-corrected chi connectivity index (χ2v) is 9.31. The van der Waals surface area contributed by atoms with Gasteiger partial charge in [-0.3, -0.25) is 4.79 Å². The highest BCUT2D eigenvalue weighted by Gasteiger charge is 2.28. The first-order chi connectivity index (χ1) is 12.4. The minimum absolute atomic E-state index is 0.0132. The average Bonchev–Trinajstić information content (AvgIpc) is 2.94. The second kappa shape index (κ2) is 8.07. The molecule has 1 aromatic rings. The van der Waals surface area contributed by atoms with Crippen LogP contribution in [0.25, 0.3) is 0 Å². The van der Waals surface area contributed by atoms with Gasteiger partial charge in [-0.05, 0) is 43.5 Å². The SMILES string of the molecule is O=C(Nc1ccc(C(=O)NC2CCCCC2)cc1)NC1CCS(=O)(=O)C1. The van der Waals surface area contributed by atoms with Crippen LogP contribution in [0.3, 0.4) is 0 Å². The number of nitrogens with one attached hydrogen (secondary N) is 3. The Kier molecular flexibility index (Phi) is 5.80. The molecule has 1 aliphatic heterocycles. The number of carbonyl (C=O) groups excluding carboxylic acids is 2. The van der Waals surface area contributed by atoms with Crippen LogP contribution in [0.4, 0.5) is 10.5 Å². The summed E-state index contributed by atoms with van der Waals surface area (Å²) < 4.78 is 22.8. The minimum atomic E-state index is -3.03. The highest BCUT2D eigenvalue weighted by Crippen LogP contribution is 2.18. The molecular formula is C18H25N3O4S. The molecule has 0 aromatic heterocycles. The number of anilines is 1. The normalized spacial score (nSPS) is 22.5. The summed E-state index contributed by atoms with van der Waals surface area (Å²) in [5.74, 6) is 0.00718. The second-order valence-electron chi connectivity index (χ2n) is 7.08. The average molecular weight is 379 g/mol. The molecule has 0 radical (unpaired) electrons. The fourth-order valence-corrected chi connectivity index (χ4v) is 5.16. The maximum absolute atomic E-state index is 12.3. The number of amides is 3. The monoisotopic (exact) mass is 379 g/mol. The topological polar surface area (TPSA) is 104 Å². The van der Waals surface area contributed by atoms with Gasteiger partial charge in [-0.2, -0.15) is 0 Å². The van der Waals surface area contributed by atoms with Crippen molar-refractivity contribution < 1.29 is 18.0 Å². The van der Waals surface area contributed by atoms with Crippen molar-refractivity contribution in [1.29, 1.82) is 0 Å². The van der Waals surface area contributed by atoms with Crippen LogP contribution in [0.2, 0.25) is 0 Å². The number of sulfone groups is 1. The quantitative estimate of drug-likeness (QED) is 0.745. The van der Waals surface area contributed by atoms with E-state index in [4.69, 9.17) is 0 Å². The third-order valence-electron chi connectivity index (χ3n) is 4.91. The van der Waals surface area contributed by atoms with Gasteiger partial charge < -0.3 is 16.0 Å². The zero-order chi connectivity index (χ0) is 18.6. The van der Waals surface area contributed by atoms with Crippen molar-refractivity contribution in [3.8, 4) is 0 Å². The fourth-order valence-electron chi connectivity index (χ4n) is 3.48. The molecule has 7 nitrogen and oxygen atoms in total. The van der Waals surface area contributed by atoms with Gasteiger partial charge in [0.1, 0.15) is 0 Å². The molecule has 1 unspecified atom stereocenters. The van der Waals surface area contributed by atoms with Crippen molar-refractivity contribution in [2.45, 2.75) is 50.6 Å². The largest absolute Gasteiger partial charge is 0.349 e. The van der Waals surface area contributed by atoms with Crippen molar-refractivity contribution in [3.05, 3.63) is 29.8 Å². The smallest absolute Gasteiger partial charge is 0.319 e. The Balaban J connectivity index is 1.49. The third kappa shape index (κ3) is 5.20. The minimum Gasteiger partial charge on any atom is -0.349 e.